The van der Waals surface area contributed by atoms with E-state index in [1.54, 1.807) is 0 Å². The van der Waals surface area contributed by atoms with Crippen LogP contribution in [0.2, 0.25) is 0 Å². The largest absolute Gasteiger partial charge is 0.487 e. The van der Waals surface area contributed by atoms with Crippen LogP contribution in [0, 0.1) is 0 Å². The summed E-state index contributed by atoms with van der Waals surface area (Å²) in [5.41, 5.74) is 4.37. The summed E-state index contributed by atoms with van der Waals surface area (Å²) in [4.78, 5) is 4.69. The second-order valence-corrected chi connectivity index (χ2v) is 4.46. The van der Waals surface area contributed by atoms with Gasteiger partial charge in [0.05, 0.1) is 11.2 Å². The minimum atomic E-state index is 0.553. The third-order valence-corrected chi connectivity index (χ3v) is 3.34. The number of hydrogen-bond donors (Lipinski definition) is 0. The number of nitrogens with zero attached hydrogens (tertiary/aromatic N) is 1. The zero-order chi connectivity index (χ0) is 11.9. The fourth-order valence-electron chi connectivity index (χ4n) is 2.46. The molecule has 0 spiro atoms. The lowest BCUT2D eigenvalue weighted by Crippen LogP contribution is -2.07. The molecule has 3 aromatic rings. The zero-order valence-electron chi connectivity index (χ0n) is 9.76. The Morgan fingerprint density at radius 1 is 0.889 bits per heavy atom. The maximum absolute atomic E-state index is 5.74. The van der Waals surface area contributed by atoms with Crippen molar-refractivity contribution in [2.45, 2.75) is 6.61 Å². The number of para-hydroxylation sites is 2. The van der Waals surface area contributed by atoms with Gasteiger partial charge in [0, 0.05) is 16.5 Å². The normalized spacial score (nSPS) is 12.7. The molecular weight excluding hydrogens is 222 g/mol. The summed E-state index contributed by atoms with van der Waals surface area (Å²) >= 11 is 0. The summed E-state index contributed by atoms with van der Waals surface area (Å²) in [5.74, 6) is 0.946. The molecule has 0 unspecified atom stereocenters. The van der Waals surface area contributed by atoms with Crippen molar-refractivity contribution in [2.75, 3.05) is 0 Å². The van der Waals surface area contributed by atoms with Crippen LogP contribution < -0.4 is 4.74 Å². The Labute approximate surface area is 105 Å². The molecule has 18 heavy (non-hydrogen) atoms. The first-order valence-corrected chi connectivity index (χ1v) is 6.03. The number of ether oxygens (including phenoxy) is 1. The molecule has 0 radical (unpaired) electrons. The fourth-order valence-corrected chi connectivity index (χ4v) is 2.46. The summed E-state index contributed by atoms with van der Waals surface area (Å²) < 4.78 is 5.74. The van der Waals surface area contributed by atoms with Crippen molar-refractivity contribution in [3.8, 4) is 16.9 Å². The van der Waals surface area contributed by atoms with Gasteiger partial charge in [-0.05, 0) is 18.2 Å². The molecule has 86 valence electrons. The van der Waals surface area contributed by atoms with Crippen molar-refractivity contribution in [3.63, 3.8) is 0 Å². The van der Waals surface area contributed by atoms with Crippen molar-refractivity contribution in [2.24, 2.45) is 0 Å². The van der Waals surface area contributed by atoms with Crippen LogP contribution in [0.5, 0.6) is 5.75 Å². The summed E-state index contributed by atoms with van der Waals surface area (Å²) in [7, 11) is 0. The molecule has 0 amide bonds. The van der Waals surface area contributed by atoms with Gasteiger partial charge in [0.1, 0.15) is 12.4 Å². The van der Waals surface area contributed by atoms with Gasteiger partial charge in [-0.2, -0.15) is 0 Å². The third-order valence-electron chi connectivity index (χ3n) is 3.34. The fraction of sp³-hybridized carbons (Fsp3) is 0.0625. The van der Waals surface area contributed by atoms with Crippen LogP contribution in [0.1, 0.15) is 5.69 Å². The van der Waals surface area contributed by atoms with E-state index in [1.165, 1.54) is 10.9 Å². The topological polar surface area (TPSA) is 22.1 Å². The van der Waals surface area contributed by atoms with E-state index in [1.807, 2.05) is 36.4 Å². The average Bonchev–Trinajstić information content (AvgIpc) is 2.45. The molecule has 0 saturated heterocycles. The Morgan fingerprint density at radius 3 is 2.72 bits per heavy atom. The Morgan fingerprint density at radius 2 is 1.72 bits per heavy atom. The van der Waals surface area contributed by atoms with Crippen molar-refractivity contribution < 1.29 is 4.74 Å². The molecule has 1 aliphatic rings. The highest BCUT2D eigenvalue weighted by atomic mass is 16.5. The summed E-state index contributed by atoms with van der Waals surface area (Å²) in [5, 5.41) is 1.17. The Bertz CT molecular complexity index is 749. The molecule has 1 aromatic heterocycles. The molecule has 4 rings (SSSR count). The van der Waals surface area contributed by atoms with E-state index < -0.39 is 0 Å². The first kappa shape index (κ1) is 9.66. The lowest BCUT2D eigenvalue weighted by atomic mass is 9.99. The molecule has 0 bridgehead atoms. The second-order valence-electron chi connectivity index (χ2n) is 4.46. The number of aromatic nitrogens is 1. The first-order chi connectivity index (χ1) is 8.92. The smallest absolute Gasteiger partial charge is 0.131 e. The van der Waals surface area contributed by atoms with E-state index in [0.29, 0.717) is 6.61 Å². The van der Waals surface area contributed by atoms with Gasteiger partial charge in [0.15, 0.2) is 0 Å². The molecule has 0 N–H and O–H groups in total. The van der Waals surface area contributed by atoms with Gasteiger partial charge in [-0.1, -0.05) is 36.4 Å². The molecule has 0 aliphatic carbocycles. The second kappa shape index (κ2) is 3.57. The number of hydrogen-bond acceptors (Lipinski definition) is 2. The van der Waals surface area contributed by atoms with E-state index in [4.69, 9.17) is 4.74 Å². The van der Waals surface area contributed by atoms with Gasteiger partial charge in [-0.3, -0.25) is 0 Å². The summed E-state index contributed by atoms with van der Waals surface area (Å²) in [6.07, 6.45) is 0. The van der Waals surface area contributed by atoms with Gasteiger partial charge in [0.2, 0.25) is 0 Å². The van der Waals surface area contributed by atoms with E-state index in [0.717, 1.165) is 22.5 Å². The summed E-state index contributed by atoms with van der Waals surface area (Å²) in [6.45, 7) is 0.553. The Hall–Kier alpha value is -2.35. The minimum Gasteiger partial charge on any atom is -0.487 e. The zero-order valence-corrected chi connectivity index (χ0v) is 9.76. The van der Waals surface area contributed by atoms with Crippen molar-refractivity contribution >= 4 is 10.9 Å². The van der Waals surface area contributed by atoms with Crippen molar-refractivity contribution in [1.29, 1.82) is 0 Å². The molecule has 1 aliphatic heterocycles. The minimum absolute atomic E-state index is 0.553. The van der Waals surface area contributed by atoms with Gasteiger partial charge in [0.25, 0.3) is 0 Å². The molecule has 2 aromatic carbocycles. The van der Waals surface area contributed by atoms with Crippen LogP contribution in [0.4, 0.5) is 0 Å². The predicted molar refractivity (Wildman–Crippen MR) is 71.5 cm³/mol. The van der Waals surface area contributed by atoms with Gasteiger partial charge < -0.3 is 4.74 Å². The molecule has 0 atom stereocenters. The summed E-state index contributed by atoms with van der Waals surface area (Å²) in [6, 6.07) is 18.5. The number of fused-ring (bicyclic) bond motifs is 4. The highest BCUT2D eigenvalue weighted by molar-refractivity contribution is 5.86. The maximum atomic E-state index is 5.74. The van der Waals surface area contributed by atoms with E-state index in [2.05, 4.69) is 23.2 Å². The first-order valence-electron chi connectivity index (χ1n) is 6.03. The highest BCUT2D eigenvalue weighted by Crippen LogP contribution is 2.37. The van der Waals surface area contributed by atoms with Gasteiger partial charge >= 0.3 is 0 Å². The van der Waals surface area contributed by atoms with E-state index in [-0.39, 0.29) is 0 Å². The van der Waals surface area contributed by atoms with Crippen molar-refractivity contribution in [1.82, 2.24) is 4.98 Å². The molecule has 0 fully saturated rings. The van der Waals surface area contributed by atoms with Crippen LogP contribution in [0.25, 0.3) is 22.0 Å². The highest BCUT2D eigenvalue weighted by Gasteiger charge is 2.18. The van der Waals surface area contributed by atoms with Crippen LogP contribution >= 0.6 is 0 Å². The maximum Gasteiger partial charge on any atom is 0.131 e. The van der Waals surface area contributed by atoms with Crippen LogP contribution in [-0.2, 0) is 6.61 Å². The lowest BCUT2D eigenvalue weighted by Gasteiger charge is -2.20. The number of rotatable bonds is 0. The van der Waals surface area contributed by atoms with Gasteiger partial charge in [-0.25, -0.2) is 4.98 Å². The van der Waals surface area contributed by atoms with Crippen LogP contribution in [0.3, 0.4) is 0 Å². The van der Waals surface area contributed by atoms with E-state index >= 15 is 0 Å². The molecule has 2 heteroatoms. The third kappa shape index (κ3) is 1.32. The lowest BCUT2D eigenvalue weighted by molar-refractivity contribution is 0.297. The molecular formula is C16H11NO. The average molecular weight is 233 g/mol. The number of benzene rings is 2. The molecule has 2 heterocycles. The Kier molecular flexibility index (Phi) is 1.92. The SMILES string of the molecule is c1ccc2c(c1)OCc1nc3ccccc3cc1-2. The van der Waals surface area contributed by atoms with Crippen molar-refractivity contribution in [3.05, 3.63) is 60.3 Å². The molecule has 0 saturated carbocycles. The van der Waals surface area contributed by atoms with Crippen LogP contribution in [0.15, 0.2) is 54.6 Å². The quantitative estimate of drug-likeness (QED) is 0.589. The van der Waals surface area contributed by atoms with Gasteiger partial charge in [-0.15, -0.1) is 0 Å². The predicted octanol–water partition coefficient (Wildman–Crippen LogP) is 3.79. The monoisotopic (exact) mass is 233 g/mol. The van der Waals surface area contributed by atoms with Crippen LogP contribution in [-0.4, -0.2) is 4.98 Å². The Balaban J connectivity index is 2.06. The molecule has 2 nitrogen and oxygen atoms in total. The standard InChI is InChI=1S/C16H11NO/c1-3-7-14-11(5-1)9-13-12-6-2-4-8-16(12)18-10-15(13)17-14/h1-9H,10H2. The number of pyridine rings is 1. The van der Waals surface area contributed by atoms with E-state index in [9.17, 15) is 0 Å².